The standard InChI is InChI=1S/C26H29ClN2O5S/c1-3-34-25-14-13-22(18-23(25)27)35(31,32)29-24(17-20-7-5-4-6-8-20)26(30)28-16-15-19-9-11-21(33-2)12-10-19/h4-14,18,24,29H,3,15-17H2,1-2H3,(H,28,30). The van der Waals surface area contributed by atoms with Crippen molar-refractivity contribution in [2.45, 2.75) is 30.7 Å². The SMILES string of the molecule is CCOc1ccc(S(=O)(=O)NC(Cc2ccccc2)C(=O)NCCc2ccc(OC)cc2)cc1Cl. The molecule has 0 aromatic heterocycles. The van der Waals surface area contributed by atoms with E-state index in [0.29, 0.717) is 25.3 Å². The summed E-state index contributed by atoms with van der Waals surface area (Å²) in [6, 6.07) is 20.0. The molecule has 0 radical (unpaired) electrons. The fraction of sp³-hybridized carbons (Fsp3) is 0.269. The first-order valence-corrected chi connectivity index (χ1v) is 13.1. The van der Waals surface area contributed by atoms with Crippen LogP contribution in [-0.2, 0) is 27.7 Å². The number of amides is 1. The number of hydrogen-bond donors (Lipinski definition) is 2. The van der Waals surface area contributed by atoms with Crippen molar-refractivity contribution in [1.29, 1.82) is 0 Å². The van der Waals surface area contributed by atoms with Gasteiger partial charge in [-0.1, -0.05) is 54.1 Å². The second kappa shape index (κ2) is 12.6. The maximum absolute atomic E-state index is 13.1. The molecule has 0 aliphatic rings. The summed E-state index contributed by atoms with van der Waals surface area (Å²) in [5.41, 5.74) is 1.85. The molecule has 0 aliphatic carbocycles. The van der Waals surface area contributed by atoms with E-state index in [2.05, 4.69) is 10.0 Å². The van der Waals surface area contributed by atoms with Crippen LogP contribution in [0.4, 0.5) is 0 Å². The number of carbonyl (C=O) groups excluding carboxylic acids is 1. The molecular weight excluding hydrogens is 488 g/mol. The third-order valence-electron chi connectivity index (χ3n) is 5.28. The topological polar surface area (TPSA) is 93.7 Å². The normalized spacial score (nSPS) is 12.1. The summed E-state index contributed by atoms with van der Waals surface area (Å²) in [6.45, 7) is 2.57. The van der Waals surface area contributed by atoms with Gasteiger partial charge < -0.3 is 14.8 Å². The van der Waals surface area contributed by atoms with Crippen molar-refractivity contribution in [3.63, 3.8) is 0 Å². The maximum atomic E-state index is 13.1. The summed E-state index contributed by atoms with van der Waals surface area (Å²) in [6.07, 6.45) is 0.786. The lowest BCUT2D eigenvalue weighted by molar-refractivity contribution is -0.122. The lowest BCUT2D eigenvalue weighted by Gasteiger charge is -2.19. The van der Waals surface area contributed by atoms with Crippen molar-refractivity contribution in [2.24, 2.45) is 0 Å². The number of sulfonamides is 1. The molecule has 1 amide bonds. The van der Waals surface area contributed by atoms with Crippen LogP contribution in [-0.4, -0.2) is 40.6 Å². The van der Waals surface area contributed by atoms with Crippen LogP contribution in [0.3, 0.4) is 0 Å². The summed E-state index contributed by atoms with van der Waals surface area (Å²) >= 11 is 6.18. The zero-order valence-corrected chi connectivity index (χ0v) is 21.2. The monoisotopic (exact) mass is 516 g/mol. The first kappa shape index (κ1) is 26.5. The lowest BCUT2D eigenvalue weighted by Crippen LogP contribution is -2.48. The van der Waals surface area contributed by atoms with E-state index in [4.69, 9.17) is 21.1 Å². The summed E-state index contributed by atoms with van der Waals surface area (Å²) < 4.78 is 39.3. The Morgan fingerprint density at radius 1 is 1.00 bits per heavy atom. The fourth-order valence-electron chi connectivity index (χ4n) is 3.46. The van der Waals surface area contributed by atoms with E-state index >= 15 is 0 Å². The van der Waals surface area contributed by atoms with Crippen LogP contribution in [0.5, 0.6) is 11.5 Å². The minimum Gasteiger partial charge on any atom is -0.497 e. The first-order valence-electron chi connectivity index (χ1n) is 11.2. The summed E-state index contributed by atoms with van der Waals surface area (Å²) in [5.74, 6) is 0.734. The van der Waals surface area contributed by atoms with Gasteiger partial charge in [0, 0.05) is 6.54 Å². The Balaban J connectivity index is 1.73. The highest BCUT2D eigenvalue weighted by atomic mass is 35.5. The molecule has 1 atom stereocenters. The molecule has 0 bridgehead atoms. The molecule has 0 saturated carbocycles. The Kier molecular flexibility index (Phi) is 9.54. The molecule has 7 nitrogen and oxygen atoms in total. The van der Waals surface area contributed by atoms with Crippen molar-refractivity contribution in [1.82, 2.24) is 10.0 Å². The summed E-state index contributed by atoms with van der Waals surface area (Å²) in [7, 11) is -2.43. The number of hydrogen-bond acceptors (Lipinski definition) is 5. The van der Waals surface area contributed by atoms with Gasteiger partial charge in [0.25, 0.3) is 0 Å². The molecule has 0 fully saturated rings. The Morgan fingerprint density at radius 2 is 1.71 bits per heavy atom. The number of halogens is 1. The molecule has 9 heteroatoms. The van der Waals surface area contributed by atoms with Crippen molar-refractivity contribution >= 4 is 27.5 Å². The Morgan fingerprint density at radius 3 is 2.34 bits per heavy atom. The van der Waals surface area contributed by atoms with Gasteiger partial charge in [-0.2, -0.15) is 4.72 Å². The van der Waals surface area contributed by atoms with Gasteiger partial charge >= 0.3 is 0 Å². The molecule has 0 aliphatic heterocycles. The average Bonchev–Trinajstić information content (AvgIpc) is 2.86. The highest BCUT2D eigenvalue weighted by Crippen LogP contribution is 2.27. The van der Waals surface area contributed by atoms with Crippen LogP contribution < -0.4 is 19.5 Å². The molecule has 3 rings (SSSR count). The lowest BCUT2D eigenvalue weighted by atomic mass is 10.1. The van der Waals surface area contributed by atoms with Crippen molar-refractivity contribution in [2.75, 3.05) is 20.3 Å². The van der Waals surface area contributed by atoms with Crippen molar-refractivity contribution in [3.05, 3.63) is 88.9 Å². The van der Waals surface area contributed by atoms with E-state index in [1.807, 2.05) is 61.5 Å². The zero-order valence-electron chi connectivity index (χ0n) is 19.7. The summed E-state index contributed by atoms with van der Waals surface area (Å²) in [4.78, 5) is 13.0. The van der Waals surface area contributed by atoms with E-state index in [0.717, 1.165) is 16.9 Å². The maximum Gasteiger partial charge on any atom is 0.241 e. The number of methoxy groups -OCH3 is 1. The third kappa shape index (κ3) is 7.71. The number of nitrogens with one attached hydrogen (secondary N) is 2. The molecule has 0 saturated heterocycles. The van der Waals surface area contributed by atoms with Crippen molar-refractivity contribution in [3.8, 4) is 11.5 Å². The van der Waals surface area contributed by atoms with Crippen LogP contribution in [0.2, 0.25) is 5.02 Å². The molecule has 1 unspecified atom stereocenters. The zero-order chi connectivity index (χ0) is 25.3. The number of carbonyl (C=O) groups is 1. The first-order chi connectivity index (χ1) is 16.8. The van der Waals surface area contributed by atoms with Crippen LogP contribution in [0, 0.1) is 0 Å². The van der Waals surface area contributed by atoms with Crippen molar-refractivity contribution < 1.29 is 22.7 Å². The molecule has 2 N–H and O–H groups in total. The average molecular weight is 517 g/mol. The molecular formula is C26H29ClN2O5S. The van der Waals surface area contributed by atoms with Crippen LogP contribution in [0.15, 0.2) is 77.7 Å². The minimum atomic E-state index is -4.03. The molecule has 35 heavy (non-hydrogen) atoms. The molecule has 186 valence electrons. The second-order valence-corrected chi connectivity index (χ2v) is 9.90. The van der Waals surface area contributed by atoms with Crippen LogP contribution in [0.25, 0.3) is 0 Å². The predicted molar refractivity (Wildman–Crippen MR) is 137 cm³/mol. The van der Waals surface area contributed by atoms with Gasteiger partial charge in [0.05, 0.1) is 23.6 Å². The van der Waals surface area contributed by atoms with Crippen LogP contribution >= 0.6 is 11.6 Å². The fourth-order valence-corrected chi connectivity index (χ4v) is 4.98. The van der Waals surface area contributed by atoms with E-state index < -0.39 is 22.0 Å². The number of rotatable bonds is 12. The second-order valence-electron chi connectivity index (χ2n) is 7.78. The van der Waals surface area contributed by atoms with E-state index in [1.54, 1.807) is 7.11 Å². The predicted octanol–water partition coefficient (Wildman–Crippen LogP) is 4.00. The number of ether oxygens (including phenoxy) is 2. The van der Waals surface area contributed by atoms with Crippen LogP contribution in [0.1, 0.15) is 18.1 Å². The van der Waals surface area contributed by atoms with Gasteiger partial charge in [-0.05, 0) is 61.2 Å². The Bertz CT molecular complexity index is 1220. The van der Waals surface area contributed by atoms with Gasteiger partial charge in [0.15, 0.2) is 0 Å². The van der Waals surface area contributed by atoms with Gasteiger partial charge in [0.1, 0.15) is 17.5 Å². The van der Waals surface area contributed by atoms with Gasteiger partial charge in [-0.15, -0.1) is 0 Å². The molecule has 3 aromatic carbocycles. The highest BCUT2D eigenvalue weighted by molar-refractivity contribution is 7.89. The quantitative estimate of drug-likeness (QED) is 0.379. The Labute approximate surface area is 211 Å². The Hall–Kier alpha value is -3.07. The largest absolute Gasteiger partial charge is 0.497 e. The molecule has 0 heterocycles. The third-order valence-corrected chi connectivity index (χ3v) is 7.05. The summed E-state index contributed by atoms with van der Waals surface area (Å²) in [5, 5.41) is 3.03. The van der Waals surface area contributed by atoms with E-state index in [9.17, 15) is 13.2 Å². The van der Waals surface area contributed by atoms with E-state index in [-0.39, 0.29) is 16.3 Å². The molecule has 3 aromatic rings. The van der Waals surface area contributed by atoms with Gasteiger partial charge in [-0.3, -0.25) is 4.79 Å². The number of benzene rings is 3. The van der Waals surface area contributed by atoms with E-state index in [1.165, 1.54) is 18.2 Å². The van der Waals surface area contributed by atoms with Gasteiger partial charge in [0.2, 0.25) is 15.9 Å². The highest BCUT2D eigenvalue weighted by Gasteiger charge is 2.26. The smallest absolute Gasteiger partial charge is 0.241 e. The molecule has 0 spiro atoms. The van der Waals surface area contributed by atoms with Gasteiger partial charge in [-0.25, -0.2) is 8.42 Å². The minimum absolute atomic E-state index is 0.0463.